The number of ether oxygens (including phenoxy) is 1. The number of hydrogen-bond acceptors (Lipinski definition) is 5. The Hall–Kier alpha value is -2.63. The van der Waals surface area contributed by atoms with Crippen LogP contribution in [0.4, 0.5) is 0 Å². The van der Waals surface area contributed by atoms with Gasteiger partial charge in [0.05, 0.1) is 5.39 Å². The highest BCUT2D eigenvalue weighted by molar-refractivity contribution is 5.83. The molecule has 1 heterocycles. The highest BCUT2D eigenvalue weighted by atomic mass is 16.6. The highest BCUT2D eigenvalue weighted by Gasteiger charge is 2.18. The quantitative estimate of drug-likeness (QED) is 0.754. The number of rotatable bonds is 5. The summed E-state index contributed by atoms with van der Waals surface area (Å²) in [7, 11) is 0. The topological polar surface area (TPSA) is 85.7 Å². The summed E-state index contributed by atoms with van der Waals surface area (Å²) in [4.78, 5) is 12.8. The van der Waals surface area contributed by atoms with E-state index in [0.29, 0.717) is 22.1 Å². The van der Waals surface area contributed by atoms with Crippen LogP contribution in [-0.2, 0) is 0 Å². The minimum Gasteiger partial charge on any atom is -0.462 e. The Morgan fingerprint density at radius 1 is 1.09 bits per heavy atom. The number of fused-ring (bicyclic) bond motifs is 1. The average molecular weight is 311 g/mol. The first-order valence-electron chi connectivity index (χ1n) is 7.33. The zero-order chi connectivity index (χ0) is 16.2. The van der Waals surface area contributed by atoms with Crippen LogP contribution in [0.15, 0.2) is 63.8 Å². The molecule has 0 fully saturated rings. The van der Waals surface area contributed by atoms with Crippen molar-refractivity contribution in [1.82, 2.24) is 0 Å². The van der Waals surface area contributed by atoms with E-state index < -0.39 is 6.10 Å². The molecule has 0 saturated carbocycles. The van der Waals surface area contributed by atoms with Gasteiger partial charge in [0.15, 0.2) is 0 Å². The predicted octanol–water partition coefficient (Wildman–Crippen LogP) is 2.16. The van der Waals surface area contributed by atoms with Crippen LogP contribution in [0.3, 0.4) is 0 Å². The van der Waals surface area contributed by atoms with Gasteiger partial charge in [0.1, 0.15) is 23.9 Å². The summed E-state index contributed by atoms with van der Waals surface area (Å²) in [5, 5.41) is 10.1. The summed E-state index contributed by atoms with van der Waals surface area (Å²) >= 11 is 0. The third kappa shape index (κ3) is 3.11. The average Bonchev–Trinajstić information content (AvgIpc) is 2.60. The van der Waals surface area contributed by atoms with Gasteiger partial charge in [0.25, 0.3) is 5.95 Å². The molecule has 0 spiro atoms. The molecule has 1 atom stereocenters. The maximum absolute atomic E-state index is 12.8. The van der Waals surface area contributed by atoms with Gasteiger partial charge in [0.2, 0.25) is 5.43 Å². The molecule has 0 bridgehead atoms. The monoisotopic (exact) mass is 311 g/mol. The minimum atomic E-state index is -0.824. The molecule has 5 nitrogen and oxygen atoms in total. The van der Waals surface area contributed by atoms with Crippen molar-refractivity contribution in [3.63, 3.8) is 0 Å². The van der Waals surface area contributed by atoms with Crippen molar-refractivity contribution < 1.29 is 14.3 Å². The maximum Gasteiger partial charge on any atom is 0.297 e. The molecule has 0 aliphatic rings. The largest absolute Gasteiger partial charge is 0.462 e. The van der Waals surface area contributed by atoms with E-state index in [1.807, 2.05) is 30.3 Å². The van der Waals surface area contributed by atoms with Crippen LogP contribution in [0, 0.1) is 0 Å². The zero-order valence-corrected chi connectivity index (χ0v) is 12.4. The Kier molecular flexibility index (Phi) is 4.41. The molecular formula is C18H17NO4. The molecule has 2 aromatic carbocycles. The van der Waals surface area contributed by atoms with Crippen LogP contribution in [0.5, 0.6) is 5.95 Å². The molecule has 1 aromatic heterocycles. The number of benzene rings is 2. The number of aliphatic hydroxyl groups excluding tert-OH is 1. The van der Waals surface area contributed by atoms with E-state index in [4.69, 9.17) is 14.9 Å². The van der Waals surface area contributed by atoms with E-state index in [-0.39, 0.29) is 24.5 Å². The van der Waals surface area contributed by atoms with Gasteiger partial charge in [-0.2, -0.15) is 0 Å². The van der Waals surface area contributed by atoms with Crippen LogP contribution < -0.4 is 15.9 Å². The van der Waals surface area contributed by atoms with Crippen molar-refractivity contribution in [3.8, 4) is 17.1 Å². The summed E-state index contributed by atoms with van der Waals surface area (Å²) in [6.45, 7) is 0.0239. The van der Waals surface area contributed by atoms with E-state index in [2.05, 4.69) is 0 Å². The summed E-state index contributed by atoms with van der Waals surface area (Å²) in [6, 6.07) is 16.2. The molecule has 0 radical (unpaired) electrons. The fourth-order valence-corrected chi connectivity index (χ4v) is 2.32. The molecule has 3 N–H and O–H groups in total. The van der Waals surface area contributed by atoms with Gasteiger partial charge in [-0.25, -0.2) is 0 Å². The summed E-state index contributed by atoms with van der Waals surface area (Å²) < 4.78 is 11.3. The normalized spacial score (nSPS) is 12.3. The number of nitrogens with two attached hydrogens (primary N) is 1. The first kappa shape index (κ1) is 15.3. The Labute approximate surface area is 132 Å². The van der Waals surface area contributed by atoms with Gasteiger partial charge in [-0.1, -0.05) is 42.5 Å². The van der Waals surface area contributed by atoms with Crippen molar-refractivity contribution in [3.05, 3.63) is 64.8 Å². The molecule has 0 aliphatic carbocycles. The molecule has 118 valence electrons. The van der Waals surface area contributed by atoms with Gasteiger partial charge in [-0.05, 0) is 17.7 Å². The lowest BCUT2D eigenvalue weighted by atomic mass is 10.1. The summed E-state index contributed by atoms with van der Waals surface area (Å²) in [5.74, 6) is 0.0902. The van der Waals surface area contributed by atoms with Crippen LogP contribution in [-0.4, -0.2) is 24.4 Å². The standard InChI is InChI=1S/C18H17NO4/c19-10-13(20)11-22-18-16(12-6-2-1-3-7-12)17(21)14-8-4-5-9-15(14)23-18/h1-9,13,20H,10-11,19H2. The van der Waals surface area contributed by atoms with Crippen LogP contribution >= 0.6 is 0 Å². The molecule has 1 unspecified atom stereocenters. The van der Waals surface area contributed by atoms with Gasteiger partial charge in [-0.3, -0.25) is 4.79 Å². The Morgan fingerprint density at radius 3 is 2.52 bits per heavy atom. The van der Waals surface area contributed by atoms with Gasteiger partial charge in [-0.15, -0.1) is 0 Å². The van der Waals surface area contributed by atoms with E-state index in [1.165, 1.54) is 0 Å². The molecule has 3 aromatic rings. The van der Waals surface area contributed by atoms with Crippen LogP contribution in [0.2, 0.25) is 0 Å². The van der Waals surface area contributed by atoms with E-state index in [0.717, 1.165) is 0 Å². The lowest BCUT2D eigenvalue weighted by molar-refractivity contribution is 0.0996. The fourth-order valence-electron chi connectivity index (χ4n) is 2.32. The van der Waals surface area contributed by atoms with Crippen molar-refractivity contribution in [2.24, 2.45) is 5.73 Å². The third-order valence-corrected chi connectivity index (χ3v) is 3.51. The molecule has 23 heavy (non-hydrogen) atoms. The lowest BCUT2D eigenvalue weighted by Gasteiger charge is -2.13. The lowest BCUT2D eigenvalue weighted by Crippen LogP contribution is -2.27. The van der Waals surface area contributed by atoms with E-state index >= 15 is 0 Å². The SMILES string of the molecule is NCC(O)COc1oc2ccccc2c(=O)c1-c1ccccc1. The zero-order valence-electron chi connectivity index (χ0n) is 12.4. The Balaban J connectivity index is 2.17. The second-order valence-corrected chi connectivity index (χ2v) is 5.16. The highest BCUT2D eigenvalue weighted by Crippen LogP contribution is 2.30. The van der Waals surface area contributed by atoms with Crippen molar-refractivity contribution in [2.75, 3.05) is 13.2 Å². The maximum atomic E-state index is 12.8. The third-order valence-electron chi connectivity index (χ3n) is 3.51. The van der Waals surface area contributed by atoms with Gasteiger partial charge >= 0.3 is 0 Å². The van der Waals surface area contributed by atoms with Crippen molar-refractivity contribution in [1.29, 1.82) is 0 Å². The van der Waals surface area contributed by atoms with E-state index in [1.54, 1.807) is 24.3 Å². The molecule has 0 aliphatic heterocycles. The predicted molar refractivity (Wildman–Crippen MR) is 88.5 cm³/mol. The number of para-hydroxylation sites is 1. The first-order valence-corrected chi connectivity index (χ1v) is 7.33. The summed E-state index contributed by atoms with van der Waals surface area (Å²) in [5.41, 5.74) is 6.69. The number of aliphatic hydroxyl groups is 1. The Morgan fingerprint density at radius 2 is 1.78 bits per heavy atom. The molecule has 3 rings (SSSR count). The van der Waals surface area contributed by atoms with Crippen molar-refractivity contribution >= 4 is 11.0 Å². The van der Waals surface area contributed by atoms with E-state index in [9.17, 15) is 9.90 Å². The fraction of sp³-hybridized carbons (Fsp3) is 0.167. The van der Waals surface area contributed by atoms with Crippen LogP contribution in [0.1, 0.15) is 0 Å². The molecule has 5 heteroatoms. The smallest absolute Gasteiger partial charge is 0.297 e. The van der Waals surface area contributed by atoms with Crippen molar-refractivity contribution in [2.45, 2.75) is 6.10 Å². The number of hydrogen-bond donors (Lipinski definition) is 2. The molecular weight excluding hydrogens is 294 g/mol. The van der Waals surface area contributed by atoms with Gasteiger partial charge in [0, 0.05) is 6.54 Å². The first-order chi connectivity index (χ1) is 11.2. The Bertz CT molecular complexity index is 858. The minimum absolute atomic E-state index is 0.0440. The molecule has 0 amide bonds. The molecule has 0 saturated heterocycles. The van der Waals surface area contributed by atoms with Crippen LogP contribution in [0.25, 0.3) is 22.1 Å². The van der Waals surface area contributed by atoms with Gasteiger partial charge < -0.3 is 20.0 Å². The summed E-state index contributed by atoms with van der Waals surface area (Å²) in [6.07, 6.45) is -0.824. The second kappa shape index (κ2) is 6.64. The second-order valence-electron chi connectivity index (χ2n) is 5.16.